The summed E-state index contributed by atoms with van der Waals surface area (Å²) in [5.74, 6) is 0.740. The summed E-state index contributed by atoms with van der Waals surface area (Å²) in [5, 5.41) is 16.2. The number of fused-ring (bicyclic) bond motifs is 10. The number of aryl methyl sites for hydroxylation is 4. The molecule has 6 aliphatic heterocycles. The third kappa shape index (κ3) is 7.70. The molecule has 0 radical (unpaired) electrons. The molecule has 2 atom stereocenters. The van der Waals surface area contributed by atoms with Crippen LogP contribution in [-0.4, -0.2) is 88.1 Å². The molecule has 6 saturated heterocycles. The van der Waals surface area contributed by atoms with Gasteiger partial charge in [0.2, 0.25) is 15.9 Å². The lowest BCUT2D eigenvalue weighted by Gasteiger charge is -2.44. The molecule has 6 fully saturated rings. The monoisotopic (exact) mass is 777 g/mol. The third-order valence-electron chi connectivity index (χ3n) is 13.7. The van der Waals surface area contributed by atoms with Crippen LogP contribution < -0.4 is 15.2 Å². The lowest BCUT2D eigenvalue weighted by Crippen LogP contribution is -2.54. The van der Waals surface area contributed by atoms with Crippen molar-refractivity contribution in [1.82, 2.24) is 9.80 Å². The highest BCUT2D eigenvalue weighted by Crippen LogP contribution is 2.41. The van der Waals surface area contributed by atoms with Crippen molar-refractivity contribution in [3.63, 3.8) is 0 Å². The number of piperidine rings is 6. The van der Waals surface area contributed by atoms with Crippen LogP contribution in [-0.2, 0) is 76.0 Å². The number of sulfonamides is 1. The SMILES string of the molecule is N#COc1c2c(cc3c1CCC3)CCC2.NS(=O)(=O)C1CN2CCC1CC2.O=C(CS(=O)(=O)C1CN2CCC1CC2)Nc1c2c(cc3c1CCC3)CCC2. The number of anilines is 1. The number of primary sulfonamides is 1. The van der Waals surface area contributed by atoms with Crippen molar-refractivity contribution in [3.05, 3.63) is 56.6 Å². The van der Waals surface area contributed by atoms with Gasteiger partial charge in [0.1, 0.15) is 11.5 Å². The van der Waals surface area contributed by atoms with E-state index in [1.165, 1.54) is 57.3 Å². The molecule has 2 unspecified atom stereocenters. The second-order valence-electron chi connectivity index (χ2n) is 16.9. The highest BCUT2D eigenvalue weighted by molar-refractivity contribution is 7.92. The molecule has 0 saturated carbocycles. The topological polar surface area (TPSA) is 163 Å². The molecule has 10 aliphatic rings. The van der Waals surface area contributed by atoms with Crippen LogP contribution in [0.25, 0.3) is 0 Å². The maximum Gasteiger partial charge on any atom is 0.292 e. The first kappa shape index (κ1) is 37.9. The maximum atomic E-state index is 13.0. The molecule has 292 valence electrons. The fourth-order valence-electron chi connectivity index (χ4n) is 11.0. The van der Waals surface area contributed by atoms with Crippen molar-refractivity contribution in [2.24, 2.45) is 17.0 Å². The first-order valence-electron chi connectivity index (χ1n) is 20.3. The van der Waals surface area contributed by atoms with Gasteiger partial charge in [-0.25, -0.2) is 22.0 Å². The summed E-state index contributed by atoms with van der Waals surface area (Å²) >= 11 is 0. The summed E-state index contributed by atoms with van der Waals surface area (Å²) in [6.07, 6.45) is 19.0. The average Bonchev–Trinajstić information content (AvgIpc) is 4.00. The summed E-state index contributed by atoms with van der Waals surface area (Å²) in [6, 6.07) is 4.67. The van der Waals surface area contributed by atoms with Gasteiger partial charge in [0.05, 0.1) is 10.5 Å². The first-order chi connectivity index (χ1) is 26.0. The van der Waals surface area contributed by atoms with Gasteiger partial charge in [-0.3, -0.25) is 4.79 Å². The number of nitrogens with two attached hydrogens (primary N) is 1. The number of carbonyl (C=O) groups excluding carboxylic acids is 1. The van der Waals surface area contributed by atoms with Gasteiger partial charge < -0.3 is 19.9 Å². The number of ether oxygens (including phenoxy) is 1. The molecular formula is C41H55N5O6S2. The van der Waals surface area contributed by atoms with E-state index in [0.29, 0.717) is 19.0 Å². The van der Waals surface area contributed by atoms with E-state index in [9.17, 15) is 21.6 Å². The van der Waals surface area contributed by atoms with Gasteiger partial charge in [-0.1, -0.05) is 12.1 Å². The van der Waals surface area contributed by atoms with Crippen LogP contribution in [0.3, 0.4) is 0 Å². The Labute approximate surface area is 321 Å². The summed E-state index contributed by atoms with van der Waals surface area (Å²) in [7, 11) is -6.71. The van der Waals surface area contributed by atoms with Crippen LogP contribution in [0.15, 0.2) is 12.1 Å². The molecule has 12 rings (SSSR count). The summed E-state index contributed by atoms with van der Waals surface area (Å²) in [5.41, 5.74) is 11.6. The predicted molar refractivity (Wildman–Crippen MR) is 209 cm³/mol. The van der Waals surface area contributed by atoms with Crippen molar-refractivity contribution in [1.29, 1.82) is 5.26 Å². The van der Waals surface area contributed by atoms with Crippen LogP contribution in [0.1, 0.15) is 95.9 Å². The maximum absolute atomic E-state index is 13.0. The highest BCUT2D eigenvalue weighted by Gasteiger charge is 2.43. The molecule has 4 bridgehead atoms. The van der Waals surface area contributed by atoms with Crippen LogP contribution in [0.2, 0.25) is 0 Å². The molecule has 11 nitrogen and oxygen atoms in total. The Kier molecular flexibility index (Phi) is 10.9. The zero-order valence-electron chi connectivity index (χ0n) is 31.4. The number of hydrogen-bond donors (Lipinski definition) is 2. The van der Waals surface area contributed by atoms with Crippen molar-refractivity contribution in [2.75, 3.05) is 50.3 Å². The quantitative estimate of drug-likeness (QED) is 0.413. The minimum atomic E-state index is -3.42. The van der Waals surface area contributed by atoms with Crippen LogP contribution in [0.4, 0.5) is 5.69 Å². The number of nitrogens with one attached hydrogen (secondary N) is 1. The molecule has 0 aromatic heterocycles. The number of benzene rings is 2. The van der Waals surface area contributed by atoms with Gasteiger partial charge in [-0.2, -0.15) is 0 Å². The molecular weight excluding hydrogens is 723 g/mol. The second-order valence-corrected chi connectivity index (χ2v) is 20.9. The minimum Gasteiger partial charge on any atom is -0.387 e. The van der Waals surface area contributed by atoms with Crippen molar-refractivity contribution < 1.29 is 26.4 Å². The number of carbonyl (C=O) groups is 1. The highest BCUT2D eigenvalue weighted by atomic mass is 32.2. The van der Waals surface area contributed by atoms with Crippen molar-refractivity contribution >= 4 is 31.5 Å². The van der Waals surface area contributed by atoms with Crippen LogP contribution in [0.5, 0.6) is 5.75 Å². The molecule has 6 heterocycles. The largest absolute Gasteiger partial charge is 0.387 e. The van der Waals surface area contributed by atoms with E-state index < -0.39 is 19.9 Å². The number of nitrogens with zero attached hydrogens (tertiary/aromatic N) is 3. The van der Waals surface area contributed by atoms with Gasteiger partial charge in [0.25, 0.3) is 6.26 Å². The second kappa shape index (κ2) is 15.5. The molecule has 13 heteroatoms. The van der Waals surface area contributed by atoms with E-state index in [0.717, 1.165) is 128 Å². The number of hydrogen-bond acceptors (Lipinski definition) is 9. The molecule has 2 aromatic rings. The zero-order chi connectivity index (χ0) is 37.6. The number of nitriles is 1. The van der Waals surface area contributed by atoms with Crippen LogP contribution in [0, 0.1) is 23.4 Å². The fourth-order valence-corrected chi connectivity index (χ4v) is 14.1. The molecule has 54 heavy (non-hydrogen) atoms. The van der Waals surface area contributed by atoms with Gasteiger partial charge >= 0.3 is 0 Å². The fraction of sp³-hybridized carbons (Fsp3) is 0.659. The zero-order valence-corrected chi connectivity index (χ0v) is 33.0. The summed E-state index contributed by atoms with van der Waals surface area (Å²) in [6.45, 7) is 5.38. The van der Waals surface area contributed by atoms with E-state index in [1.54, 1.807) is 0 Å². The van der Waals surface area contributed by atoms with E-state index in [2.05, 4.69) is 27.2 Å². The van der Waals surface area contributed by atoms with Gasteiger partial charge in [0.15, 0.2) is 9.84 Å². The molecule has 0 spiro atoms. The van der Waals surface area contributed by atoms with E-state index in [-0.39, 0.29) is 28.1 Å². The minimum absolute atomic E-state index is 0.234. The standard InChI is InChI=1S/C21H28N2O3S.C13H13NO.C7H14N2O2S/c24-20(13-27(25,26)19-12-23-9-7-14(19)8-10-23)22-21-17-5-1-3-15(17)11-16-4-2-6-18(16)21;14-8-15-13-11-5-1-3-9(11)7-10-4-2-6-12(10)13;8-12(10,11)7-5-9-3-1-6(7)2-4-9/h11,14,19H,1-10,12-13H2,(H,22,24);7H,1-6H2;6-7H,1-5H2,(H2,8,10,11). The van der Waals surface area contributed by atoms with Crippen molar-refractivity contribution in [2.45, 2.75) is 113 Å². The van der Waals surface area contributed by atoms with Gasteiger partial charge in [-0.05, 0) is 185 Å². The Hall–Kier alpha value is -3.02. The Morgan fingerprint density at radius 3 is 1.52 bits per heavy atom. The first-order valence-corrected chi connectivity index (χ1v) is 23.7. The summed E-state index contributed by atoms with van der Waals surface area (Å²) in [4.78, 5) is 17.2. The number of amides is 1. The number of sulfone groups is 1. The Bertz CT molecular complexity index is 1980. The molecule has 3 N–H and O–H groups in total. The Morgan fingerprint density at radius 1 is 0.704 bits per heavy atom. The van der Waals surface area contributed by atoms with Gasteiger partial charge in [0, 0.05) is 18.8 Å². The molecule has 4 aliphatic carbocycles. The van der Waals surface area contributed by atoms with E-state index >= 15 is 0 Å². The lowest BCUT2D eigenvalue weighted by atomic mass is 9.88. The van der Waals surface area contributed by atoms with Crippen molar-refractivity contribution in [3.8, 4) is 12.0 Å². The average molecular weight is 778 g/mol. The van der Waals surface area contributed by atoms with Gasteiger partial charge in [-0.15, -0.1) is 5.26 Å². The number of rotatable bonds is 6. The third-order valence-corrected chi connectivity index (χ3v) is 17.2. The molecule has 2 aromatic carbocycles. The Morgan fingerprint density at radius 2 is 1.13 bits per heavy atom. The van der Waals surface area contributed by atoms with E-state index in [4.69, 9.17) is 15.1 Å². The Balaban J connectivity index is 0.000000128. The molecule has 1 amide bonds. The lowest BCUT2D eigenvalue weighted by molar-refractivity contribution is -0.113. The smallest absolute Gasteiger partial charge is 0.292 e. The normalized spacial score (nSPS) is 28.4. The van der Waals surface area contributed by atoms with E-state index in [1.807, 2.05) is 6.26 Å². The summed E-state index contributed by atoms with van der Waals surface area (Å²) < 4.78 is 53.4. The van der Waals surface area contributed by atoms with Crippen LogP contribution >= 0.6 is 0 Å². The predicted octanol–water partition coefficient (Wildman–Crippen LogP) is 4.00.